The summed E-state index contributed by atoms with van der Waals surface area (Å²) in [6.07, 6.45) is 0.516. The molecule has 1 aromatic carbocycles. The van der Waals surface area contributed by atoms with Gasteiger partial charge in [-0.05, 0) is 45.7 Å². The van der Waals surface area contributed by atoms with Crippen molar-refractivity contribution in [2.24, 2.45) is 17.6 Å². The maximum atomic E-state index is 15.3. The molecule has 4 rings (SSSR count). The molecule has 1 saturated carbocycles. The number of Topliss-reactive ketones (excluding diaryl/α,β-unsaturated/α-hetero) is 1. The van der Waals surface area contributed by atoms with E-state index >= 15 is 4.39 Å². The molecule has 1 fully saturated rings. The highest BCUT2D eigenvalue weighted by Crippen LogP contribution is 2.53. The summed E-state index contributed by atoms with van der Waals surface area (Å²) < 4.78 is 15.3. The highest BCUT2D eigenvalue weighted by molar-refractivity contribution is 6.33. The van der Waals surface area contributed by atoms with Crippen LogP contribution in [0.4, 0.5) is 10.1 Å². The molecule has 4 atom stereocenters. The van der Waals surface area contributed by atoms with Gasteiger partial charge in [-0.2, -0.15) is 0 Å². The van der Waals surface area contributed by atoms with Gasteiger partial charge < -0.3 is 42.0 Å². The second-order valence-corrected chi connectivity index (χ2v) is 10.4. The molecular weight excluding hydrogens is 515 g/mol. The van der Waals surface area contributed by atoms with Crippen LogP contribution in [0.5, 0.6) is 5.75 Å². The van der Waals surface area contributed by atoms with Crippen LogP contribution < -0.4 is 11.1 Å². The van der Waals surface area contributed by atoms with Crippen molar-refractivity contribution in [3.8, 4) is 5.75 Å². The van der Waals surface area contributed by atoms with Crippen molar-refractivity contribution in [1.29, 1.82) is 5.41 Å². The minimum atomic E-state index is -2.63. The van der Waals surface area contributed by atoms with Crippen LogP contribution in [0.1, 0.15) is 36.8 Å². The Hall–Kier alpha value is -3.97. The van der Waals surface area contributed by atoms with Crippen LogP contribution in [-0.2, 0) is 20.8 Å². The first-order valence-corrected chi connectivity index (χ1v) is 12.4. The van der Waals surface area contributed by atoms with E-state index in [-0.39, 0.29) is 48.2 Å². The molecule has 1 amide bonds. The first-order valence-electron chi connectivity index (χ1n) is 12.4. The van der Waals surface area contributed by atoms with Gasteiger partial charge in [-0.1, -0.05) is 0 Å². The van der Waals surface area contributed by atoms with E-state index in [0.717, 1.165) is 6.07 Å². The monoisotopic (exact) mass is 546 g/mol. The van der Waals surface area contributed by atoms with E-state index < -0.39 is 75.5 Å². The Morgan fingerprint density at radius 2 is 1.92 bits per heavy atom. The Morgan fingerprint density at radius 1 is 1.26 bits per heavy atom. The highest BCUT2D eigenvalue weighted by atomic mass is 19.1. The number of amides is 1. The lowest BCUT2D eigenvalue weighted by atomic mass is 9.57. The van der Waals surface area contributed by atoms with Crippen molar-refractivity contribution in [3.63, 3.8) is 0 Å². The van der Waals surface area contributed by atoms with Gasteiger partial charge in [-0.15, -0.1) is 0 Å². The number of benzene rings is 1. The number of primary amides is 1. The van der Waals surface area contributed by atoms with Crippen LogP contribution in [0.25, 0.3) is 5.76 Å². The number of likely N-dealkylation sites (N-methyl/N-ethyl adjacent to an activating group) is 1. The number of anilines is 1. The number of carboxylic acids is 1. The number of ketones is 1. The van der Waals surface area contributed by atoms with Gasteiger partial charge in [0.1, 0.15) is 28.7 Å². The summed E-state index contributed by atoms with van der Waals surface area (Å²) in [4.78, 5) is 38.1. The zero-order valence-corrected chi connectivity index (χ0v) is 21.4. The first kappa shape index (κ1) is 28.0. The number of carbonyl (C=O) groups excluding carboxylic acids is 2. The summed E-state index contributed by atoms with van der Waals surface area (Å²) in [5, 5.41) is 64.7. The van der Waals surface area contributed by atoms with Crippen LogP contribution >= 0.6 is 0 Å². The maximum absolute atomic E-state index is 15.3. The van der Waals surface area contributed by atoms with E-state index in [1.807, 2.05) is 0 Å². The lowest BCUT2D eigenvalue weighted by Gasteiger charge is -2.51. The number of carboxylic acid groups (broad SMARTS) is 1. The van der Waals surface area contributed by atoms with Gasteiger partial charge in [0.25, 0.3) is 5.91 Å². The van der Waals surface area contributed by atoms with Crippen molar-refractivity contribution in [2.45, 2.75) is 43.7 Å². The number of rotatable bonds is 8. The molecule has 3 aliphatic carbocycles. The molecule has 0 bridgehead atoms. The van der Waals surface area contributed by atoms with Crippen LogP contribution in [0.2, 0.25) is 0 Å². The zero-order chi connectivity index (χ0) is 29.0. The zero-order valence-electron chi connectivity index (χ0n) is 21.4. The molecule has 1 aromatic rings. The summed E-state index contributed by atoms with van der Waals surface area (Å²) in [6, 6.07) is -0.0244. The predicted octanol–water partition coefficient (Wildman–Crippen LogP) is 1.22. The number of aliphatic carboxylic acids is 1. The fraction of sp³-hybridized carbons (Fsp3) is 0.462. The molecule has 3 aliphatic rings. The summed E-state index contributed by atoms with van der Waals surface area (Å²) in [6.45, 7) is 0.203. The van der Waals surface area contributed by atoms with Crippen LogP contribution in [0.15, 0.2) is 23.0 Å². The molecule has 0 aromatic heterocycles. The number of unbranched alkanes of at least 4 members (excludes halogenated alkanes) is 1. The van der Waals surface area contributed by atoms with Gasteiger partial charge in [-0.25, -0.2) is 4.39 Å². The number of carbonyl (C=O) groups is 3. The van der Waals surface area contributed by atoms with E-state index in [4.69, 9.17) is 16.2 Å². The van der Waals surface area contributed by atoms with Gasteiger partial charge in [0.2, 0.25) is 5.78 Å². The Morgan fingerprint density at radius 3 is 2.51 bits per heavy atom. The molecule has 13 heteroatoms. The number of phenolic OH excluding ortho intramolecular Hbond substituents is 1. The van der Waals surface area contributed by atoms with Crippen LogP contribution in [0.3, 0.4) is 0 Å². The number of fused-ring (bicyclic) bond motifs is 3. The number of hydrogen-bond donors (Lipinski definition) is 8. The van der Waals surface area contributed by atoms with Crippen molar-refractivity contribution >= 4 is 34.8 Å². The maximum Gasteiger partial charge on any atom is 0.303 e. The first-order chi connectivity index (χ1) is 18.2. The second kappa shape index (κ2) is 9.97. The number of halogens is 1. The third-order valence-corrected chi connectivity index (χ3v) is 7.85. The van der Waals surface area contributed by atoms with Crippen molar-refractivity contribution in [2.75, 3.05) is 26.0 Å². The molecule has 0 radical (unpaired) electrons. The number of nitrogens with one attached hydrogen (secondary N) is 2. The summed E-state index contributed by atoms with van der Waals surface area (Å²) in [5.41, 5.74) is 0.395. The Balaban J connectivity index is 1.78. The predicted molar refractivity (Wildman–Crippen MR) is 137 cm³/mol. The average molecular weight is 547 g/mol. The van der Waals surface area contributed by atoms with Gasteiger partial charge in [0.15, 0.2) is 5.60 Å². The third-order valence-electron chi connectivity index (χ3n) is 7.85. The number of hydrogen-bond acceptors (Lipinski definition) is 10. The van der Waals surface area contributed by atoms with E-state index in [0.29, 0.717) is 12.8 Å². The van der Waals surface area contributed by atoms with Gasteiger partial charge in [-0.3, -0.25) is 19.3 Å². The smallest absolute Gasteiger partial charge is 0.303 e. The molecular formula is C26H31FN4O8. The van der Waals surface area contributed by atoms with E-state index in [1.54, 1.807) is 14.1 Å². The number of aliphatic hydroxyl groups excluding tert-OH is 2. The lowest BCUT2D eigenvalue weighted by molar-refractivity contribution is -0.139. The second-order valence-electron chi connectivity index (χ2n) is 10.4. The van der Waals surface area contributed by atoms with Crippen molar-refractivity contribution in [1.82, 2.24) is 4.90 Å². The molecule has 0 aliphatic heterocycles. The normalized spacial score (nSPS) is 26.3. The molecule has 1 unspecified atom stereocenters. The molecule has 39 heavy (non-hydrogen) atoms. The van der Waals surface area contributed by atoms with Crippen molar-refractivity contribution in [3.05, 3.63) is 39.9 Å². The fourth-order valence-corrected chi connectivity index (χ4v) is 6.08. The summed E-state index contributed by atoms with van der Waals surface area (Å²) >= 11 is 0. The topological polar surface area (TPSA) is 217 Å². The third kappa shape index (κ3) is 4.31. The molecule has 0 spiro atoms. The SMILES string of the molecule is CN(C)[C@@H]1C(O)=C(C(N)=O)C(=N)[C@@]2(O)C(=O)C3=C(O)c4c(O)c(NCCCCC(=O)O)cc(F)c4C[C@H]3CC12. The number of phenols is 1. The minimum absolute atomic E-state index is 0.0432. The highest BCUT2D eigenvalue weighted by Gasteiger charge is 2.63. The number of aliphatic hydroxyl groups is 3. The molecule has 12 nitrogen and oxygen atoms in total. The van der Waals surface area contributed by atoms with Gasteiger partial charge in [0.05, 0.1) is 23.0 Å². The van der Waals surface area contributed by atoms with Gasteiger partial charge >= 0.3 is 5.97 Å². The Labute approximate surface area is 222 Å². The molecule has 0 heterocycles. The molecule has 210 valence electrons. The molecule has 0 saturated heterocycles. The Bertz CT molecular complexity index is 1350. The van der Waals surface area contributed by atoms with Crippen LogP contribution in [0, 0.1) is 23.1 Å². The number of nitrogens with zero attached hydrogens (tertiary/aromatic N) is 1. The molecule has 9 N–H and O–H groups in total. The van der Waals surface area contributed by atoms with Crippen LogP contribution in [-0.4, -0.2) is 86.1 Å². The summed E-state index contributed by atoms with van der Waals surface area (Å²) in [5.74, 6) is -7.81. The summed E-state index contributed by atoms with van der Waals surface area (Å²) in [7, 11) is 3.10. The standard InChI is InChI=1S/C26H31FN4O8/c1-31(2)19-12-8-10-7-11-13(27)9-14(30-6-4-3-5-15(32)33)20(34)17(11)21(35)16(10)24(37)26(12,39)23(28)18(22(19)36)25(29)38/h9-10,12,19,28,30,34-36,39H,3-8H2,1-2H3,(H2,29,38)(H,32,33)/t10-,12?,19-,26+/m0/s1. The van der Waals surface area contributed by atoms with E-state index in [2.05, 4.69) is 5.32 Å². The fourth-order valence-electron chi connectivity index (χ4n) is 6.08. The van der Waals surface area contributed by atoms with Gasteiger partial charge in [0, 0.05) is 36.1 Å². The minimum Gasteiger partial charge on any atom is -0.510 e. The van der Waals surface area contributed by atoms with E-state index in [9.17, 15) is 34.8 Å². The van der Waals surface area contributed by atoms with Crippen molar-refractivity contribution < 1.29 is 44.3 Å². The lowest BCUT2D eigenvalue weighted by Crippen LogP contribution is -2.67. The average Bonchev–Trinajstić information content (AvgIpc) is 2.83. The quantitative estimate of drug-likeness (QED) is 0.172. The number of aromatic hydroxyl groups is 1. The Kier molecular flexibility index (Phi) is 7.17. The largest absolute Gasteiger partial charge is 0.510 e. The van der Waals surface area contributed by atoms with E-state index in [1.165, 1.54) is 4.90 Å². The number of nitrogens with two attached hydrogens (primary N) is 1.